The summed E-state index contributed by atoms with van der Waals surface area (Å²) in [7, 11) is 0. The molecule has 1 aliphatic carbocycles. The summed E-state index contributed by atoms with van der Waals surface area (Å²) in [5.41, 5.74) is 5.49. The number of rotatable bonds is 5. The maximum Gasteiger partial charge on any atom is 0.230 e. The van der Waals surface area contributed by atoms with E-state index in [1.54, 1.807) is 0 Å². The van der Waals surface area contributed by atoms with Crippen molar-refractivity contribution in [1.29, 1.82) is 0 Å². The molecule has 1 aromatic rings. The lowest BCUT2D eigenvalue weighted by molar-refractivity contribution is -0.143. The molecular formula is C15H27Cl2N5O. The van der Waals surface area contributed by atoms with Crippen LogP contribution in [-0.2, 0) is 17.9 Å². The largest absolute Gasteiger partial charge is 0.333 e. The third-order valence-corrected chi connectivity index (χ3v) is 5.21. The minimum absolute atomic E-state index is 0. The highest BCUT2D eigenvalue weighted by molar-refractivity contribution is 5.85. The highest BCUT2D eigenvalue weighted by Gasteiger charge is 2.39. The second-order valence-corrected chi connectivity index (χ2v) is 6.32. The van der Waals surface area contributed by atoms with Crippen molar-refractivity contribution in [1.82, 2.24) is 19.7 Å². The molecule has 0 saturated heterocycles. The molecule has 0 spiro atoms. The molecule has 0 aromatic carbocycles. The molecule has 0 radical (unpaired) electrons. The third kappa shape index (κ3) is 3.49. The van der Waals surface area contributed by atoms with E-state index in [1.165, 1.54) is 12.8 Å². The van der Waals surface area contributed by atoms with Gasteiger partial charge in [0.25, 0.3) is 0 Å². The van der Waals surface area contributed by atoms with E-state index in [9.17, 15) is 4.79 Å². The Balaban J connectivity index is 0.00000132. The van der Waals surface area contributed by atoms with E-state index in [-0.39, 0.29) is 30.7 Å². The van der Waals surface area contributed by atoms with E-state index in [0.29, 0.717) is 19.0 Å². The molecule has 1 fully saturated rings. The molecule has 1 saturated carbocycles. The number of carbonyl (C=O) groups is 1. The highest BCUT2D eigenvalue weighted by Crippen LogP contribution is 2.39. The number of amides is 1. The Morgan fingerprint density at radius 2 is 1.87 bits per heavy atom. The van der Waals surface area contributed by atoms with Crippen molar-refractivity contribution in [3.63, 3.8) is 0 Å². The molecule has 2 N–H and O–H groups in total. The molecule has 6 nitrogen and oxygen atoms in total. The van der Waals surface area contributed by atoms with Gasteiger partial charge < -0.3 is 15.2 Å². The molecule has 8 heteroatoms. The summed E-state index contributed by atoms with van der Waals surface area (Å²) in [6.07, 6.45) is 4.02. The lowest BCUT2D eigenvalue weighted by atomic mass is 9.81. The van der Waals surface area contributed by atoms with Gasteiger partial charge in [-0.3, -0.25) is 4.79 Å². The zero-order chi connectivity index (χ0) is 15.0. The lowest BCUT2D eigenvalue weighted by Crippen LogP contribution is -2.50. The second kappa shape index (κ2) is 7.81. The van der Waals surface area contributed by atoms with Gasteiger partial charge in [-0.2, -0.15) is 0 Å². The van der Waals surface area contributed by atoms with Crippen molar-refractivity contribution >= 4 is 30.7 Å². The highest BCUT2D eigenvalue weighted by atomic mass is 35.5. The molecule has 0 bridgehead atoms. The van der Waals surface area contributed by atoms with Crippen molar-refractivity contribution in [3.8, 4) is 0 Å². The van der Waals surface area contributed by atoms with Crippen LogP contribution in [0, 0.1) is 5.41 Å². The van der Waals surface area contributed by atoms with Gasteiger partial charge in [-0.15, -0.1) is 35.0 Å². The van der Waals surface area contributed by atoms with Crippen molar-refractivity contribution in [2.75, 3.05) is 13.1 Å². The van der Waals surface area contributed by atoms with Crippen LogP contribution >= 0.6 is 24.8 Å². The second-order valence-electron chi connectivity index (χ2n) is 6.32. The molecule has 1 aromatic heterocycles. The van der Waals surface area contributed by atoms with Crippen LogP contribution in [0.4, 0.5) is 0 Å². The van der Waals surface area contributed by atoms with Crippen molar-refractivity contribution in [2.24, 2.45) is 11.1 Å². The van der Waals surface area contributed by atoms with Crippen LogP contribution in [0.5, 0.6) is 0 Å². The van der Waals surface area contributed by atoms with Gasteiger partial charge in [0.2, 0.25) is 5.91 Å². The summed E-state index contributed by atoms with van der Waals surface area (Å²) in [6, 6.07) is 0. The van der Waals surface area contributed by atoms with Gasteiger partial charge in [-0.1, -0.05) is 13.8 Å². The average Bonchev–Trinajstić information content (AvgIpc) is 3.28. The third-order valence-electron chi connectivity index (χ3n) is 5.21. The fourth-order valence-electron chi connectivity index (χ4n) is 3.26. The first-order chi connectivity index (χ1) is 10.1. The van der Waals surface area contributed by atoms with Crippen LogP contribution in [0.25, 0.3) is 0 Å². The topological polar surface area (TPSA) is 77.0 Å². The number of aromatic nitrogens is 3. The summed E-state index contributed by atoms with van der Waals surface area (Å²) in [5, 5.41) is 8.62. The normalized spacial score (nSPS) is 17.1. The Bertz CT molecular complexity index is 532. The first kappa shape index (κ1) is 20.2. The smallest absolute Gasteiger partial charge is 0.230 e. The van der Waals surface area contributed by atoms with E-state index < -0.39 is 5.41 Å². The maximum absolute atomic E-state index is 12.9. The molecule has 0 atom stereocenters. The molecular weight excluding hydrogens is 337 g/mol. The van der Waals surface area contributed by atoms with Crippen LogP contribution < -0.4 is 5.73 Å². The number of nitrogens with two attached hydrogens (primary N) is 1. The van der Waals surface area contributed by atoms with Crippen molar-refractivity contribution < 1.29 is 4.79 Å². The number of hydrogen-bond acceptors (Lipinski definition) is 4. The summed E-state index contributed by atoms with van der Waals surface area (Å²) in [4.78, 5) is 14.8. The van der Waals surface area contributed by atoms with E-state index >= 15 is 0 Å². The van der Waals surface area contributed by atoms with Gasteiger partial charge >= 0.3 is 0 Å². The predicted octanol–water partition coefficient (Wildman–Crippen LogP) is 2.11. The van der Waals surface area contributed by atoms with Crippen LogP contribution in [0.1, 0.15) is 57.1 Å². The Kier molecular flexibility index (Phi) is 6.86. The summed E-state index contributed by atoms with van der Waals surface area (Å²) in [5.74, 6) is 2.82. The zero-order valence-electron chi connectivity index (χ0n) is 13.8. The zero-order valence-corrected chi connectivity index (χ0v) is 15.5. The number of nitrogens with zero attached hydrogens (tertiary/aromatic N) is 4. The van der Waals surface area contributed by atoms with Gasteiger partial charge in [0, 0.05) is 25.6 Å². The molecule has 132 valence electrons. The Morgan fingerprint density at radius 1 is 1.22 bits per heavy atom. The number of hydrogen-bond donors (Lipinski definition) is 1. The fourth-order valence-corrected chi connectivity index (χ4v) is 3.26. The Morgan fingerprint density at radius 3 is 2.39 bits per heavy atom. The lowest BCUT2D eigenvalue weighted by Gasteiger charge is -2.37. The fraction of sp³-hybridized carbons (Fsp3) is 0.800. The molecule has 3 rings (SSSR count). The van der Waals surface area contributed by atoms with Crippen LogP contribution in [-0.4, -0.2) is 38.7 Å². The molecule has 23 heavy (non-hydrogen) atoms. The van der Waals surface area contributed by atoms with E-state index in [4.69, 9.17) is 5.73 Å². The monoisotopic (exact) mass is 363 g/mol. The van der Waals surface area contributed by atoms with Gasteiger partial charge in [0.15, 0.2) is 5.82 Å². The van der Waals surface area contributed by atoms with Crippen LogP contribution in [0.15, 0.2) is 0 Å². The molecule has 2 heterocycles. The van der Waals surface area contributed by atoms with E-state index in [0.717, 1.165) is 37.6 Å². The standard InChI is InChI=1S/C15H25N5O.2ClH/c1-3-15(4-2,10-16)14(21)19-7-8-20-12(9-19)17-18-13(20)11-5-6-11;;/h11H,3-10,16H2,1-2H3;2*1H. The average molecular weight is 364 g/mol. The quantitative estimate of drug-likeness (QED) is 0.868. The van der Waals surface area contributed by atoms with Gasteiger partial charge in [-0.25, -0.2) is 0 Å². The minimum Gasteiger partial charge on any atom is -0.333 e. The Hall–Kier alpha value is -0.850. The first-order valence-electron chi connectivity index (χ1n) is 8.06. The summed E-state index contributed by atoms with van der Waals surface area (Å²) < 4.78 is 2.21. The molecule has 1 amide bonds. The molecule has 1 aliphatic heterocycles. The molecule has 2 aliphatic rings. The molecule has 0 unspecified atom stereocenters. The van der Waals surface area contributed by atoms with Crippen LogP contribution in [0.2, 0.25) is 0 Å². The number of carbonyl (C=O) groups excluding carboxylic acids is 1. The van der Waals surface area contributed by atoms with Crippen molar-refractivity contribution in [3.05, 3.63) is 11.6 Å². The predicted molar refractivity (Wildman–Crippen MR) is 94.0 cm³/mol. The Labute approximate surface area is 150 Å². The van der Waals surface area contributed by atoms with Crippen molar-refractivity contribution in [2.45, 2.75) is 58.5 Å². The van der Waals surface area contributed by atoms with E-state index in [1.807, 2.05) is 18.7 Å². The van der Waals surface area contributed by atoms with Gasteiger partial charge in [-0.05, 0) is 25.7 Å². The maximum atomic E-state index is 12.9. The van der Waals surface area contributed by atoms with E-state index in [2.05, 4.69) is 14.8 Å². The first-order valence-corrected chi connectivity index (χ1v) is 8.06. The van der Waals surface area contributed by atoms with Gasteiger partial charge in [0.05, 0.1) is 12.0 Å². The minimum atomic E-state index is -0.415. The van der Waals surface area contributed by atoms with Crippen LogP contribution in [0.3, 0.4) is 0 Å². The van der Waals surface area contributed by atoms with Gasteiger partial charge in [0.1, 0.15) is 5.82 Å². The summed E-state index contributed by atoms with van der Waals surface area (Å²) >= 11 is 0. The number of fused-ring (bicyclic) bond motifs is 1. The summed E-state index contributed by atoms with van der Waals surface area (Å²) in [6.45, 7) is 6.63. The number of halogens is 2. The SMILES string of the molecule is CCC(CC)(CN)C(=O)N1CCn2c(nnc2C2CC2)C1.Cl.Cl.